The van der Waals surface area contributed by atoms with Gasteiger partial charge in [0.1, 0.15) is 5.75 Å². The number of hydrogen-bond acceptors (Lipinski definition) is 4. The maximum atomic E-state index is 11.5. The van der Waals surface area contributed by atoms with Crippen LogP contribution in [0.15, 0.2) is 18.2 Å². The van der Waals surface area contributed by atoms with Crippen molar-refractivity contribution in [3.05, 3.63) is 23.8 Å². The zero-order valence-corrected chi connectivity index (χ0v) is 13.0. The fourth-order valence-corrected chi connectivity index (χ4v) is 3.09. The zero-order chi connectivity index (χ0) is 15.6. The molecule has 5 heteroatoms. The molecule has 0 spiro atoms. The van der Waals surface area contributed by atoms with Crippen LogP contribution in [0.2, 0.25) is 0 Å². The summed E-state index contributed by atoms with van der Waals surface area (Å²) in [5.41, 5.74) is 13.7. The van der Waals surface area contributed by atoms with Crippen LogP contribution in [0, 0.1) is 5.92 Å². The Hall–Kier alpha value is -1.75. The average Bonchev–Trinajstić information content (AvgIpc) is 2.46. The molecule has 1 heterocycles. The minimum atomic E-state index is -0.225. The molecule has 1 saturated heterocycles. The van der Waals surface area contributed by atoms with Gasteiger partial charge in [-0.2, -0.15) is 0 Å². The molecule has 0 bridgehead atoms. The maximum absolute atomic E-state index is 11.5. The van der Waals surface area contributed by atoms with E-state index in [1.807, 2.05) is 25.1 Å². The van der Waals surface area contributed by atoms with E-state index in [1.54, 1.807) is 7.11 Å². The maximum Gasteiger partial charge on any atom is 0.222 e. The van der Waals surface area contributed by atoms with Gasteiger partial charge in [0.15, 0.2) is 0 Å². The molecular formula is C16H25N3O2. The second kappa shape index (κ2) is 6.35. The number of primary amides is 1. The highest BCUT2D eigenvalue weighted by atomic mass is 16.5. The normalized spacial score (nSPS) is 23.7. The lowest BCUT2D eigenvalue weighted by Gasteiger charge is -2.40. The molecule has 4 N–H and O–H groups in total. The number of nitrogens with two attached hydrogens (primary N) is 2. The predicted octanol–water partition coefficient (Wildman–Crippen LogP) is 1.81. The number of methoxy groups -OCH3 is 1. The van der Waals surface area contributed by atoms with E-state index in [-0.39, 0.29) is 17.9 Å². The lowest BCUT2D eigenvalue weighted by molar-refractivity contribution is -0.122. The Bertz CT molecular complexity index is 516. The number of benzene rings is 1. The van der Waals surface area contributed by atoms with E-state index in [2.05, 4.69) is 11.8 Å². The second-order valence-corrected chi connectivity index (χ2v) is 5.86. The van der Waals surface area contributed by atoms with Crippen LogP contribution in [0.4, 0.5) is 5.69 Å². The minimum Gasteiger partial charge on any atom is -0.496 e. The Morgan fingerprint density at radius 2 is 2.14 bits per heavy atom. The van der Waals surface area contributed by atoms with Crippen LogP contribution in [0.25, 0.3) is 0 Å². The first-order valence-electron chi connectivity index (χ1n) is 7.44. The van der Waals surface area contributed by atoms with E-state index in [0.717, 1.165) is 29.8 Å². The standard InChI is InChI=1S/C16H25N3O2/c1-10-7-8-12(16(18)20)9-19(10)13-5-4-6-14(21-3)15(13)11(2)17/h4-6,10-12H,7-9,17H2,1-3H3,(H2,18,20)/t10?,11-,12?/m1/s1. The molecule has 21 heavy (non-hydrogen) atoms. The first-order valence-corrected chi connectivity index (χ1v) is 7.44. The van der Waals surface area contributed by atoms with Crippen LogP contribution >= 0.6 is 0 Å². The van der Waals surface area contributed by atoms with E-state index < -0.39 is 0 Å². The largest absolute Gasteiger partial charge is 0.496 e. The molecule has 0 aliphatic carbocycles. The summed E-state index contributed by atoms with van der Waals surface area (Å²) in [6.07, 6.45) is 1.80. The van der Waals surface area contributed by atoms with Crippen LogP contribution in [-0.2, 0) is 4.79 Å². The molecule has 2 unspecified atom stereocenters. The summed E-state index contributed by atoms with van der Waals surface area (Å²) in [5.74, 6) is 0.460. The topological polar surface area (TPSA) is 81.6 Å². The van der Waals surface area contributed by atoms with Crippen LogP contribution < -0.4 is 21.1 Å². The summed E-state index contributed by atoms with van der Waals surface area (Å²) >= 11 is 0. The zero-order valence-electron chi connectivity index (χ0n) is 13.0. The van der Waals surface area contributed by atoms with Crippen molar-refractivity contribution in [2.45, 2.75) is 38.8 Å². The average molecular weight is 291 g/mol. The molecule has 1 aromatic rings. The summed E-state index contributed by atoms with van der Waals surface area (Å²) < 4.78 is 5.45. The number of piperidine rings is 1. The molecule has 5 nitrogen and oxygen atoms in total. The molecule has 0 saturated carbocycles. The highest BCUT2D eigenvalue weighted by Gasteiger charge is 2.31. The number of nitrogens with zero attached hydrogens (tertiary/aromatic N) is 1. The smallest absolute Gasteiger partial charge is 0.222 e. The SMILES string of the molecule is COc1cccc(N2CC(C(N)=O)CCC2C)c1[C@@H](C)N. The van der Waals surface area contributed by atoms with Gasteiger partial charge in [0.05, 0.1) is 13.0 Å². The molecular weight excluding hydrogens is 266 g/mol. The lowest BCUT2D eigenvalue weighted by Crippen LogP contribution is -2.46. The Morgan fingerprint density at radius 1 is 1.43 bits per heavy atom. The highest BCUT2D eigenvalue weighted by molar-refractivity contribution is 5.78. The summed E-state index contributed by atoms with van der Waals surface area (Å²) in [5, 5.41) is 0. The van der Waals surface area contributed by atoms with E-state index in [9.17, 15) is 4.79 Å². The van der Waals surface area contributed by atoms with Crippen molar-refractivity contribution in [3.8, 4) is 5.75 Å². The summed E-state index contributed by atoms with van der Waals surface area (Å²) in [7, 11) is 1.65. The molecule has 1 aromatic carbocycles. The van der Waals surface area contributed by atoms with Crippen molar-refractivity contribution >= 4 is 11.6 Å². The molecule has 2 rings (SSSR count). The van der Waals surface area contributed by atoms with E-state index in [0.29, 0.717) is 12.6 Å². The highest BCUT2D eigenvalue weighted by Crippen LogP contribution is 2.37. The van der Waals surface area contributed by atoms with Crippen molar-refractivity contribution in [1.82, 2.24) is 0 Å². The van der Waals surface area contributed by atoms with Gasteiger partial charge in [0.25, 0.3) is 0 Å². The number of carbonyl (C=O) groups is 1. The molecule has 116 valence electrons. The fourth-order valence-electron chi connectivity index (χ4n) is 3.09. The van der Waals surface area contributed by atoms with Crippen molar-refractivity contribution in [1.29, 1.82) is 0 Å². The molecule has 0 aromatic heterocycles. The van der Waals surface area contributed by atoms with E-state index in [4.69, 9.17) is 16.2 Å². The third kappa shape index (κ3) is 3.13. The lowest BCUT2D eigenvalue weighted by atomic mass is 9.91. The van der Waals surface area contributed by atoms with Crippen molar-refractivity contribution in [2.75, 3.05) is 18.6 Å². The van der Waals surface area contributed by atoms with Crippen LogP contribution in [0.3, 0.4) is 0 Å². The number of hydrogen-bond donors (Lipinski definition) is 2. The third-order valence-corrected chi connectivity index (χ3v) is 4.31. The monoisotopic (exact) mass is 291 g/mol. The molecule has 1 fully saturated rings. The van der Waals surface area contributed by atoms with E-state index in [1.165, 1.54) is 0 Å². The van der Waals surface area contributed by atoms with Crippen molar-refractivity contribution in [3.63, 3.8) is 0 Å². The molecule has 1 amide bonds. The Balaban J connectivity index is 2.41. The number of carbonyl (C=O) groups excluding carboxylic acids is 1. The fraction of sp³-hybridized carbons (Fsp3) is 0.562. The van der Waals surface area contributed by atoms with Gasteiger partial charge in [0, 0.05) is 29.9 Å². The van der Waals surface area contributed by atoms with Crippen LogP contribution in [-0.4, -0.2) is 25.6 Å². The van der Waals surface area contributed by atoms with Gasteiger partial charge < -0.3 is 21.1 Å². The Labute approximate surface area is 126 Å². The first-order chi connectivity index (χ1) is 9.95. The number of amides is 1. The first kappa shape index (κ1) is 15.6. The minimum absolute atomic E-state index is 0.103. The summed E-state index contributed by atoms with van der Waals surface area (Å²) in [4.78, 5) is 13.8. The second-order valence-electron chi connectivity index (χ2n) is 5.86. The molecule has 0 radical (unpaired) electrons. The van der Waals surface area contributed by atoms with Gasteiger partial charge in [-0.15, -0.1) is 0 Å². The van der Waals surface area contributed by atoms with E-state index >= 15 is 0 Å². The molecule has 1 aliphatic heterocycles. The van der Waals surface area contributed by atoms with Gasteiger partial charge in [-0.3, -0.25) is 4.79 Å². The van der Waals surface area contributed by atoms with Gasteiger partial charge in [-0.1, -0.05) is 6.07 Å². The molecule has 3 atom stereocenters. The number of ether oxygens (including phenoxy) is 1. The summed E-state index contributed by atoms with van der Waals surface area (Å²) in [6.45, 7) is 4.76. The summed E-state index contributed by atoms with van der Waals surface area (Å²) in [6, 6.07) is 6.13. The predicted molar refractivity (Wildman–Crippen MR) is 84.3 cm³/mol. The van der Waals surface area contributed by atoms with Gasteiger partial charge in [-0.25, -0.2) is 0 Å². The Kier molecular flexibility index (Phi) is 4.73. The quantitative estimate of drug-likeness (QED) is 0.886. The van der Waals surface area contributed by atoms with Gasteiger partial charge in [-0.05, 0) is 38.8 Å². The number of anilines is 1. The van der Waals surface area contributed by atoms with Crippen molar-refractivity contribution in [2.24, 2.45) is 17.4 Å². The van der Waals surface area contributed by atoms with Crippen LogP contribution in [0.5, 0.6) is 5.75 Å². The van der Waals surface area contributed by atoms with Crippen molar-refractivity contribution < 1.29 is 9.53 Å². The Morgan fingerprint density at radius 3 is 2.71 bits per heavy atom. The van der Waals surface area contributed by atoms with Gasteiger partial charge >= 0.3 is 0 Å². The van der Waals surface area contributed by atoms with Crippen LogP contribution in [0.1, 0.15) is 38.3 Å². The van der Waals surface area contributed by atoms with Gasteiger partial charge in [0.2, 0.25) is 5.91 Å². The third-order valence-electron chi connectivity index (χ3n) is 4.31. The molecule has 1 aliphatic rings. The number of rotatable bonds is 4.